The molecule has 5 nitrogen and oxygen atoms in total. The summed E-state index contributed by atoms with van der Waals surface area (Å²) in [6.07, 6.45) is 4.00. The Bertz CT molecular complexity index is 955. The molecule has 26 heavy (non-hydrogen) atoms. The van der Waals surface area contributed by atoms with Crippen molar-refractivity contribution in [3.05, 3.63) is 46.8 Å². The van der Waals surface area contributed by atoms with Gasteiger partial charge in [0.15, 0.2) is 5.78 Å². The molecule has 5 rings (SSSR count). The lowest BCUT2D eigenvalue weighted by Crippen LogP contribution is -2.42. The molecular formula is C21H22N2O3. The van der Waals surface area contributed by atoms with E-state index in [9.17, 15) is 9.59 Å². The van der Waals surface area contributed by atoms with Gasteiger partial charge >= 0.3 is 5.97 Å². The molecule has 2 atom stereocenters. The standard InChI is InChI=1S/C21H22N2O3/c1-26-21(25)15-7-8-17-14(20(15)24)6-9-18-19-13(10-11-23(17)18)12-4-2-3-5-16(12)22-19/h2-5,15,18,22H,6-11H2,1H3/t15?,18-/m1/s1. The molecule has 0 fully saturated rings. The van der Waals surface area contributed by atoms with Crippen molar-refractivity contribution < 1.29 is 14.3 Å². The normalized spacial score (nSPS) is 25.0. The molecule has 1 aliphatic carbocycles. The van der Waals surface area contributed by atoms with E-state index in [2.05, 4.69) is 34.1 Å². The molecule has 1 unspecified atom stereocenters. The Morgan fingerprint density at radius 2 is 2.04 bits per heavy atom. The second kappa shape index (κ2) is 5.73. The van der Waals surface area contributed by atoms with Gasteiger partial charge in [0, 0.05) is 34.4 Å². The average molecular weight is 350 g/mol. The van der Waals surface area contributed by atoms with Gasteiger partial charge in [0.05, 0.1) is 13.2 Å². The number of nitrogens with zero attached hydrogens (tertiary/aromatic N) is 1. The zero-order chi connectivity index (χ0) is 17.8. The third-order valence-corrected chi connectivity index (χ3v) is 6.29. The maximum absolute atomic E-state index is 12.8. The van der Waals surface area contributed by atoms with Crippen LogP contribution in [0.5, 0.6) is 0 Å². The highest BCUT2D eigenvalue weighted by Gasteiger charge is 2.42. The minimum atomic E-state index is -0.608. The quantitative estimate of drug-likeness (QED) is 0.633. The smallest absolute Gasteiger partial charge is 0.316 e. The molecule has 134 valence electrons. The molecule has 0 bridgehead atoms. The number of fused-ring (bicyclic) bond motifs is 6. The number of carbonyl (C=O) groups is 2. The first-order valence-corrected chi connectivity index (χ1v) is 9.39. The predicted molar refractivity (Wildman–Crippen MR) is 97.5 cm³/mol. The molecule has 1 N–H and O–H groups in total. The lowest BCUT2D eigenvalue weighted by atomic mass is 9.78. The summed E-state index contributed by atoms with van der Waals surface area (Å²) < 4.78 is 4.83. The Labute approximate surface area is 152 Å². The molecule has 0 spiro atoms. The van der Waals surface area contributed by atoms with E-state index in [1.165, 1.54) is 29.3 Å². The van der Waals surface area contributed by atoms with Gasteiger partial charge in [0.2, 0.25) is 0 Å². The molecule has 0 saturated carbocycles. The average Bonchev–Trinajstić information content (AvgIpc) is 3.06. The summed E-state index contributed by atoms with van der Waals surface area (Å²) in [5.74, 6) is -1.01. The van der Waals surface area contributed by atoms with Crippen molar-refractivity contribution in [2.75, 3.05) is 13.7 Å². The third-order valence-electron chi connectivity index (χ3n) is 6.29. The second-order valence-corrected chi connectivity index (χ2v) is 7.46. The molecule has 3 aliphatic rings. The Morgan fingerprint density at radius 1 is 1.19 bits per heavy atom. The molecule has 3 heterocycles. The van der Waals surface area contributed by atoms with Crippen molar-refractivity contribution in [2.45, 2.75) is 38.1 Å². The van der Waals surface area contributed by atoms with E-state index in [-0.39, 0.29) is 11.8 Å². The fourth-order valence-electron chi connectivity index (χ4n) is 5.09. The Balaban J connectivity index is 1.53. The van der Waals surface area contributed by atoms with Crippen molar-refractivity contribution in [3.63, 3.8) is 0 Å². The maximum Gasteiger partial charge on any atom is 0.316 e. The summed E-state index contributed by atoms with van der Waals surface area (Å²) in [6, 6.07) is 8.80. The van der Waals surface area contributed by atoms with E-state index in [0.29, 0.717) is 12.5 Å². The Hall–Kier alpha value is -2.56. The van der Waals surface area contributed by atoms with Gasteiger partial charge in [-0.25, -0.2) is 0 Å². The number of benzene rings is 1. The van der Waals surface area contributed by atoms with Gasteiger partial charge in [-0.05, 0) is 43.7 Å². The van der Waals surface area contributed by atoms with E-state index in [1.807, 2.05) is 0 Å². The number of ketones is 1. The summed E-state index contributed by atoms with van der Waals surface area (Å²) in [6.45, 7) is 0.939. The van der Waals surface area contributed by atoms with Crippen molar-refractivity contribution >= 4 is 22.7 Å². The topological polar surface area (TPSA) is 62.4 Å². The number of para-hydroxylation sites is 1. The number of esters is 1. The van der Waals surface area contributed by atoms with Crippen LogP contribution >= 0.6 is 0 Å². The summed E-state index contributed by atoms with van der Waals surface area (Å²) in [5.41, 5.74) is 5.97. The minimum absolute atomic E-state index is 0.0148. The van der Waals surface area contributed by atoms with Crippen LogP contribution in [0.3, 0.4) is 0 Å². The van der Waals surface area contributed by atoms with Crippen LogP contribution in [0, 0.1) is 5.92 Å². The van der Waals surface area contributed by atoms with Crippen molar-refractivity contribution in [2.24, 2.45) is 5.92 Å². The third kappa shape index (κ3) is 2.09. The number of allylic oxidation sites excluding steroid dienone is 2. The molecular weight excluding hydrogens is 328 g/mol. The molecule has 0 saturated heterocycles. The molecule has 2 aromatic rings. The summed E-state index contributed by atoms with van der Waals surface area (Å²) >= 11 is 0. The molecule has 0 radical (unpaired) electrons. The lowest BCUT2D eigenvalue weighted by molar-refractivity contribution is -0.149. The van der Waals surface area contributed by atoms with Gasteiger partial charge in [0.1, 0.15) is 5.92 Å². The summed E-state index contributed by atoms with van der Waals surface area (Å²) in [4.78, 5) is 30.8. The summed E-state index contributed by atoms with van der Waals surface area (Å²) in [5, 5.41) is 1.33. The van der Waals surface area contributed by atoms with Crippen LogP contribution in [0.25, 0.3) is 10.9 Å². The van der Waals surface area contributed by atoms with Crippen molar-refractivity contribution in [1.82, 2.24) is 9.88 Å². The number of methoxy groups -OCH3 is 1. The Kier molecular flexibility index (Phi) is 3.45. The number of hydrogen-bond acceptors (Lipinski definition) is 4. The van der Waals surface area contributed by atoms with Crippen LogP contribution in [0.4, 0.5) is 0 Å². The zero-order valence-corrected chi connectivity index (χ0v) is 14.9. The summed E-state index contributed by atoms with van der Waals surface area (Å²) in [7, 11) is 1.36. The van der Waals surface area contributed by atoms with E-state index in [1.54, 1.807) is 0 Å². The van der Waals surface area contributed by atoms with Crippen LogP contribution in [0.15, 0.2) is 35.5 Å². The predicted octanol–water partition coefficient (Wildman–Crippen LogP) is 3.27. The Morgan fingerprint density at radius 3 is 2.88 bits per heavy atom. The number of carbonyl (C=O) groups excluding carboxylic acids is 2. The number of Topliss-reactive ketones (excluding diaryl/α,β-unsaturated/α-hetero) is 1. The first-order valence-electron chi connectivity index (χ1n) is 9.39. The van der Waals surface area contributed by atoms with Crippen LogP contribution in [-0.4, -0.2) is 35.3 Å². The molecule has 1 aromatic carbocycles. The van der Waals surface area contributed by atoms with Crippen molar-refractivity contribution in [3.8, 4) is 0 Å². The zero-order valence-electron chi connectivity index (χ0n) is 14.9. The van der Waals surface area contributed by atoms with E-state index in [0.717, 1.165) is 43.5 Å². The monoisotopic (exact) mass is 350 g/mol. The first kappa shape index (κ1) is 15.7. The minimum Gasteiger partial charge on any atom is -0.468 e. The van der Waals surface area contributed by atoms with E-state index in [4.69, 9.17) is 4.74 Å². The van der Waals surface area contributed by atoms with Gasteiger partial charge in [-0.15, -0.1) is 0 Å². The van der Waals surface area contributed by atoms with Crippen LogP contribution in [-0.2, 0) is 20.7 Å². The van der Waals surface area contributed by atoms with E-state index < -0.39 is 5.92 Å². The number of ether oxygens (including phenoxy) is 1. The van der Waals surface area contributed by atoms with Gasteiger partial charge < -0.3 is 14.6 Å². The molecule has 2 aliphatic heterocycles. The SMILES string of the molecule is COC(=O)C1CCC2=C(CC[C@@H]3c4[nH]c5ccccc5c4CCN23)C1=O. The van der Waals surface area contributed by atoms with Gasteiger partial charge in [-0.2, -0.15) is 0 Å². The highest BCUT2D eigenvalue weighted by Crippen LogP contribution is 2.46. The fraction of sp³-hybridized carbons (Fsp3) is 0.429. The lowest BCUT2D eigenvalue weighted by Gasteiger charge is -2.45. The number of aromatic amines is 1. The maximum atomic E-state index is 12.8. The second-order valence-electron chi connectivity index (χ2n) is 7.46. The largest absolute Gasteiger partial charge is 0.468 e. The van der Waals surface area contributed by atoms with E-state index >= 15 is 0 Å². The fourth-order valence-corrected chi connectivity index (χ4v) is 5.09. The molecule has 1 aromatic heterocycles. The highest BCUT2D eigenvalue weighted by molar-refractivity contribution is 6.09. The number of rotatable bonds is 1. The van der Waals surface area contributed by atoms with Crippen LogP contribution in [0.1, 0.15) is 43.0 Å². The van der Waals surface area contributed by atoms with Gasteiger partial charge in [0.25, 0.3) is 0 Å². The van der Waals surface area contributed by atoms with Gasteiger partial charge in [-0.3, -0.25) is 9.59 Å². The molecule has 5 heteroatoms. The number of H-pyrrole nitrogens is 1. The van der Waals surface area contributed by atoms with Crippen LogP contribution in [0.2, 0.25) is 0 Å². The highest BCUT2D eigenvalue weighted by atomic mass is 16.5. The first-order chi connectivity index (χ1) is 12.7. The van der Waals surface area contributed by atoms with Crippen LogP contribution < -0.4 is 0 Å². The molecule has 0 amide bonds. The number of aromatic nitrogens is 1. The number of hydrogen-bond donors (Lipinski definition) is 1. The number of nitrogens with one attached hydrogen (secondary N) is 1. The van der Waals surface area contributed by atoms with Crippen molar-refractivity contribution in [1.29, 1.82) is 0 Å². The van der Waals surface area contributed by atoms with Gasteiger partial charge in [-0.1, -0.05) is 18.2 Å².